The van der Waals surface area contributed by atoms with Crippen molar-refractivity contribution < 1.29 is 0 Å². The van der Waals surface area contributed by atoms with Gasteiger partial charge < -0.3 is 0 Å². The average Bonchev–Trinajstić information content (AvgIpc) is 2.26. The molecule has 0 saturated heterocycles. The Morgan fingerprint density at radius 1 is 1.12 bits per heavy atom. The summed E-state index contributed by atoms with van der Waals surface area (Å²) < 4.78 is 1.18. The second-order valence-electron chi connectivity index (χ2n) is 4.26. The van der Waals surface area contributed by atoms with Crippen molar-refractivity contribution in [2.45, 2.75) is 39.7 Å². The highest BCUT2D eigenvalue weighted by molar-refractivity contribution is 9.10. The van der Waals surface area contributed by atoms with Gasteiger partial charge in [0.1, 0.15) is 0 Å². The number of unbranched alkanes of at least 4 members (excludes halogenated alkanes) is 1. The molecule has 0 aromatic heterocycles. The second kappa shape index (κ2) is 7.86. The highest BCUT2D eigenvalue weighted by Gasteiger charge is 2.04. The van der Waals surface area contributed by atoms with Crippen LogP contribution >= 0.6 is 15.9 Å². The molecule has 0 aliphatic rings. The van der Waals surface area contributed by atoms with Crippen molar-refractivity contribution in [3.63, 3.8) is 0 Å². The Balaban J connectivity index is 2.52. The van der Waals surface area contributed by atoms with Crippen molar-refractivity contribution in [3.8, 4) is 0 Å². The molecule has 1 aromatic carbocycles. The maximum atomic E-state index is 3.53. The Bertz CT molecular complexity index is 299. The maximum Gasteiger partial charge on any atom is 0.0234 e. The van der Waals surface area contributed by atoms with Gasteiger partial charge in [-0.1, -0.05) is 48.3 Å². The Kier molecular flexibility index (Phi) is 6.74. The van der Waals surface area contributed by atoms with Crippen molar-refractivity contribution in [3.05, 3.63) is 34.3 Å². The monoisotopic (exact) mass is 283 g/mol. The van der Waals surface area contributed by atoms with E-state index in [1.165, 1.54) is 42.4 Å². The molecule has 1 rings (SSSR count). The maximum absolute atomic E-state index is 3.53. The first-order chi connectivity index (χ1) is 7.76. The van der Waals surface area contributed by atoms with Crippen LogP contribution in [0.4, 0.5) is 0 Å². The first-order valence-electron chi connectivity index (χ1n) is 6.23. The topological polar surface area (TPSA) is 3.24 Å². The molecule has 90 valence electrons. The molecule has 0 atom stereocenters. The molecular weight excluding hydrogens is 262 g/mol. The molecule has 0 aliphatic carbocycles. The van der Waals surface area contributed by atoms with Crippen molar-refractivity contribution in [1.82, 2.24) is 4.90 Å². The highest BCUT2D eigenvalue weighted by Crippen LogP contribution is 2.14. The van der Waals surface area contributed by atoms with Crippen molar-refractivity contribution in [1.29, 1.82) is 0 Å². The van der Waals surface area contributed by atoms with Crippen LogP contribution in [0.3, 0.4) is 0 Å². The lowest BCUT2D eigenvalue weighted by Crippen LogP contribution is -2.25. The number of halogens is 1. The molecule has 0 fully saturated rings. The molecule has 2 heteroatoms. The van der Waals surface area contributed by atoms with Crippen LogP contribution in [-0.4, -0.2) is 18.0 Å². The van der Waals surface area contributed by atoms with E-state index in [1.807, 2.05) is 0 Å². The predicted molar refractivity (Wildman–Crippen MR) is 74.6 cm³/mol. The van der Waals surface area contributed by atoms with Crippen LogP contribution in [0.15, 0.2) is 28.7 Å². The van der Waals surface area contributed by atoms with E-state index in [4.69, 9.17) is 0 Å². The van der Waals surface area contributed by atoms with E-state index in [9.17, 15) is 0 Å². The summed E-state index contributed by atoms with van der Waals surface area (Å²) in [6, 6.07) is 8.62. The Labute approximate surface area is 108 Å². The number of hydrogen-bond donors (Lipinski definition) is 0. The summed E-state index contributed by atoms with van der Waals surface area (Å²) >= 11 is 3.53. The number of hydrogen-bond acceptors (Lipinski definition) is 1. The van der Waals surface area contributed by atoms with Crippen LogP contribution in [0, 0.1) is 0 Å². The Morgan fingerprint density at radius 3 is 2.56 bits per heavy atom. The van der Waals surface area contributed by atoms with Gasteiger partial charge in [0, 0.05) is 11.0 Å². The van der Waals surface area contributed by atoms with E-state index in [2.05, 4.69) is 58.9 Å². The molecule has 0 heterocycles. The smallest absolute Gasteiger partial charge is 0.0234 e. The van der Waals surface area contributed by atoms with Crippen LogP contribution in [-0.2, 0) is 6.54 Å². The molecular formula is C14H22BrN. The molecule has 1 aromatic rings. The fraction of sp³-hybridized carbons (Fsp3) is 0.571. The third kappa shape index (κ3) is 5.13. The van der Waals surface area contributed by atoms with Crippen molar-refractivity contribution in [2.75, 3.05) is 13.1 Å². The number of nitrogens with zero attached hydrogens (tertiary/aromatic N) is 1. The molecule has 16 heavy (non-hydrogen) atoms. The second-order valence-corrected chi connectivity index (χ2v) is 5.18. The van der Waals surface area contributed by atoms with Crippen LogP contribution in [0.25, 0.3) is 0 Å². The van der Waals surface area contributed by atoms with Gasteiger partial charge in [0.25, 0.3) is 0 Å². The third-order valence-electron chi connectivity index (χ3n) is 2.66. The van der Waals surface area contributed by atoms with Gasteiger partial charge in [-0.2, -0.15) is 0 Å². The lowest BCUT2D eigenvalue weighted by Gasteiger charge is -2.21. The van der Waals surface area contributed by atoms with Crippen molar-refractivity contribution in [2.24, 2.45) is 0 Å². The Hall–Kier alpha value is -0.340. The van der Waals surface area contributed by atoms with Gasteiger partial charge in [0.2, 0.25) is 0 Å². The first kappa shape index (κ1) is 13.7. The van der Waals surface area contributed by atoms with Gasteiger partial charge in [-0.15, -0.1) is 0 Å². The van der Waals surface area contributed by atoms with Crippen LogP contribution in [0.2, 0.25) is 0 Å². The number of benzene rings is 1. The van der Waals surface area contributed by atoms with Gasteiger partial charge >= 0.3 is 0 Å². The highest BCUT2D eigenvalue weighted by atomic mass is 79.9. The molecule has 0 spiro atoms. The summed E-state index contributed by atoms with van der Waals surface area (Å²) in [4.78, 5) is 2.55. The van der Waals surface area contributed by atoms with Gasteiger partial charge in [0.15, 0.2) is 0 Å². The summed E-state index contributed by atoms with van der Waals surface area (Å²) in [5, 5.41) is 0. The van der Waals surface area contributed by atoms with Gasteiger partial charge in [-0.25, -0.2) is 0 Å². The minimum absolute atomic E-state index is 1.08. The zero-order valence-corrected chi connectivity index (χ0v) is 12.0. The molecule has 0 unspecified atom stereocenters. The summed E-state index contributed by atoms with van der Waals surface area (Å²) in [6.45, 7) is 8.00. The standard InChI is InChI=1S/C14H22BrN/c1-3-5-10-16(9-4-2)12-13-7-6-8-14(15)11-13/h6-8,11H,3-5,9-10,12H2,1-2H3. The van der Waals surface area contributed by atoms with E-state index < -0.39 is 0 Å². The first-order valence-corrected chi connectivity index (χ1v) is 7.02. The van der Waals surface area contributed by atoms with Gasteiger partial charge in [-0.05, 0) is 43.6 Å². The van der Waals surface area contributed by atoms with E-state index in [1.54, 1.807) is 0 Å². The van der Waals surface area contributed by atoms with Crippen molar-refractivity contribution >= 4 is 15.9 Å². The zero-order chi connectivity index (χ0) is 11.8. The van der Waals surface area contributed by atoms with Crippen LogP contribution in [0.5, 0.6) is 0 Å². The fourth-order valence-corrected chi connectivity index (χ4v) is 2.31. The lowest BCUT2D eigenvalue weighted by molar-refractivity contribution is 0.261. The molecule has 0 aliphatic heterocycles. The van der Waals surface area contributed by atoms with E-state index in [0.717, 1.165) is 6.54 Å². The summed E-state index contributed by atoms with van der Waals surface area (Å²) in [6.07, 6.45) is 3.81. The van der Waals surface area contributed by atoms with Crippen LogP contribution < -0.4 is 0 Å². The molecule has 0 amide bonds. The van der Waals surface area contributed by atoms with Gasteiger partial charge in [-0.3, -0.25) is 4.90 Å². The van der Waals surface area contributed by atoms with Crippen LogP contribution in [0.1, 0.15) is 38.7 Å². The number of rotatable bonds is 7. The fourth-order valence-electron chi connectivity index (χ4n) is 1.86. The third-order valence-corrected chi connectivity index (χ3v) is 3.16. The molecule has 1 nitrogen and oxygen atoms in total. The minimum atomic E-state index is 1.08. The van der Waals surface area contributed by atoms with E-state index in [-0.39, 0.29) is 0 Å². The quantitative estimate of drug-likeness (QED) is 0.714. The van der Waals surface area contributed by atoms with E-state index >= 15 is 0 Å². The summed E-state index contributed by atoms with van der Waals surface area (Å²) in [5.41, 5.74) is 1.40. The SMILES string of the molecule is CCCCN(CCC)Cc1cccc(Br)c1. The minimum Gasteiger partial charge on any atom is -0.299 e. The summed E-state index contributed by atoms with van der Waals surface area (Å²) in [5.74, 6) is 0. The van der Waals surface area contributed by atoms with E-state index in [0.29, 0.717) is 0 Å². The normalized spacial score (nSPS) is 11.0. The molecule has 0 N–H and O–H groups in total. The molecule has 0 bridgehead atoms. The Morgan fingerprint density at radius 2 is 1.94 bits per heavy atom. The molecule has 0 saturated carbocycles. The summed E-state index contributed by atoms with van der Waals surface area (Å²) in [7, 11) is 0. The average molecular weight is 284 g/mol. The zero-order valence-electron chi connectivity index (χ0n) is 10.4. The largest absolute Gasteiger partial charge is 0.299 e. The predicted octanol–water partition coefficient (Wildman–Crippen LogP) is 4.46. The molecule has 0 radical (unpaired) electrons. The van der Waals surface area contributed by atoms with Gasteiger partial charge in [0.05, 0.1) is 0 Å². The lowest BCUT2D eigenvalue weighted by atomic mass is 10.2.